The van der Waals surface area contributed by atoms with Crippen LogP contribution in [-0.2, 0) is 4.79 Å². The summed E-state index contributed by atoms with van der Waals surface area (Å²) in [4.78, 5) is 19.0. The quantitative estimate of drug-likeness (QED) is 0.852. The Morgan fingerprint density at radius 1 is 1.24 bits per heavy atom. The molecule has 1 aromatic carbocycles. The van der Waals surface area contributed by atoms with Gasteiger partial charge >= 0.3 is 0 Å². The summed E-state index contributed by atoms with van der Waals surface area (Å²) in [6, 6.07) is 7.94. The molecule has 4 rings (SSSR count). The van der Waals surface area contributed by atoms with Crippen LogP contribution in [0.3, 0.4) is 0 Å². The van der Waals surface area contributed by atoms with Gasteiger partial charge in [0.25, 0.3) is 5.89 Å². The number of benzene rings is 1. The molecule has 132 valence electrons. The lowest BCUT2D eigenvalue weighted by atomic mass is 9.94. The van der Waals surface area contributed by atoms with Crippen molar-refractivity contribution in [2.24, 2.45) is 0 Å². The maximum atomic E-state index is 12.4. The Labute approximate surface area is 147 Å². The topological polar surface area (TPSA) is 68.5 Å². The number of carbonyl (C=O) groups excluding carboxylic acids is 1. The van der Waals surface area contributed by atoms with Crippen LogP contribution in [0.4, 0.5) is 0 Å². The molecule has 2 fully saturated rings. The first-order chi connectivity index (χ1) is 12.2. The minimum Gasteiger partial charge on any atom is -0.497 e. The molecule has 1 unspecified atom stereocenters. The van der Waals surface area contributed by atoms with Crippen LogP contribution in [-0.4, -0.2) is 40.6 Å². The molecule has 0 radical (unpaired) electrons. The predicted molar refractivity (Wildman–Crippen MR) is 92.2 cm³/mol. The highest BCUT2D eigenvalue weighted by Gasteiger charge is 2.37. The molecular formula is C19H23N3O3. The molecule has 1 amide bonds. The number of carbonyl (C=O) groups is 1. The van der Waals surface area contributed by atoms with E-state index in [2.05, 4.69) is 10.1 Å². The Morgan fingerprint density at radius 3 is 2.88 bits per heavy atom. The van der Waals surface area contributed by atoms with Crippen LogP contribution < -0.4 is 4.74 Å². The number of ether oxygens (including phenoxy) is 1. The van der Waals surface area contributed by atoms with Gasteiger partial charge in [-0.05, 0) is 31.0 Å². The van der Waals surface area contributed by atoms with Gasteiger partial charge in [0.2, 0.25) is 5.91 Å². The van der Waals surface area contributed by atoms with Crippen molar-refractivity contribution in [3.63, 3.8) is 0 Å². The Bertz CT molecular complexity index is 752. The van der Waals surface area contributed by atoms with Gasteiger partial charge in [-0.15, -0.1) is 0 Å². The number of likely N-dealkylation sites (tertiary alicyclic amines) is 1. The van der Waals surface area contributed by atoms with Gasteiger partial charge in [0, 0.05) is 30.5 Å². The first-order valence-corrected chi connectivity index (χ1v) is 9.02. The summed E-state index contributed by atoms with van der Waals surface area (Å²) in [5.41, 5.74) is 0.826. The fraction of sp³-hybridized carbons (Fsp3) is 0.526. The van der Waals surface area contributed by atoms with E-state index >= 15 is 0 Å². The number of aromatic nitrogens is 2. The zero-order valence-electron chi connectivity index (χ0n) is 14.5. The van der Waals surface area contributed by atoms with Crippen LogP contribution in [0, 0.1) is 0 Å². The largest absolute Gasteiger partial charge is 0.497 e. The summed E-state index contributed by atoms with van der Waals surface area (Å²) in [7, 11) is 1.63. The molecule has 6 heteroatoms. The highest BCUT2D eigenvalue weighted by molar-refractivity contribution is 5.80. The van der Waals surface area contributed by atoms with E-state index in [4.69, 9.17) is 9.26 Å². The van der Waals surface area contributed by atoms with E-state index in [1.165, 1.54) is 19.3 Å². The fourth-order valence-electron chi connectivity index (χ4n) is 3.92. The normalized spacial score (nSPS) is 21.7. The van der Waals surface area contributed by atoms with Gasteiger partial charge in [0.1, 0.15) is 5.75 Å². The smallest absolute Gasteiger partial charge is 0.258 e. The number of methoxy groups -OCH3 is 1. The zero-order valence-corrected chi connectivity index (χ0v) is 14.5. The lowest BCUT2D eigenvalue weighted by Gasteiger charge is -2.31. The van der Waals surface area contributed by atoms with Crippen molar-refractivity contribution in [3.05, 3.63) is 30.1 Å². The van der Waals surface area contributed by atoms with Gasteiger partial charge in [-0.25, -0.2) is 0 Å². The molecular weight excluding hydrogens is 318 g/mol. The Hall–Kier alpha value is -2.37. The lowest BCUT2D eigenvalue weighted by molar-refractivity contribution is -0.130. The Morgan fingerprint density at radius 2 is 2.08 bits per heavy atom. The van der Waals surface area contributed by atoms with E-state index in [-0.39, 0.29) is 11.8 Å². The van der Waals surface area contributed by atoms with Crippen LogP contribution in [0.1, 0.15) is 50.3 Å². The molecule has 1 saturated heterocycles. The lowest BCUT2D eigenvalue weighted by Crippen LogP contribution is -2.37. The van der Waals surface area contributed by atoms with Crippen molar-refractivity contribution in [2.75, 3.05) is 13.7 Å². The van der Waals surface area contributed by atoms with Gasteiger partial charge in [-0.1, -0.05) is 30.5 Å². The first-order valence-electron chi connectivity index (χ1n) is 9.02. The molecule has 2 aromatic rings. The molecule has 0 bridgehead atoms. The van der Waals surface area contributed by atoms with Crippen LogP contribution >= 0.6 is 0 Å². The zero-order chi connectivity index (χ0) is 17.2. The molecule has 1 aromatic heterocycles. The van der Waals surface area contributed by atoms with Gasteiger partial charge in [0.15, 0.2) is 5.82 Å². The summed E-state index contributed by atoms with van der Waals surface area (Å²) in [6.45, 7) is 0.709. The Kier molecular flexibility index (Phi) is 4.42. The standard InChI is InChI=1S/C19H23N3O3/c1-24-16-9-5-6-13(10-16)19-20-18(21-25-19)14-11-17(23)22(12-14)15-7-3-2-4-8-15/h5-6,9-10,14-15H,2-4,7-8,11-12H2,1H3. The molecule has 2 heterocycles. The summed E-state index contributed by atoms with van der Waals surface area (Å²) < 4.78 is 10.7. The third kappa shape index (κ3) is 3.25. The van der Waals surface area contributed by atoms with E-state index in [1.54, 1.807) is 7.11 Å². The minimum absolute atomic E-state index is 0.0255. The molecule has 1 aliphatic carbocycles. The SMILES string of the molecule is COc1cccc(-c2nc(C3CC(=O)N(C4CCCCC4)C3)no2)c1. The maximum Gasteiger partial charge on any atom is 0.258 e. The van der Waals surface area contributed by atoms with Crippen molar-refractivity contribution >= 4 is 5.91 Å². The van der Waals surface area contributed by atoms with Crippen molar-refractivity contribution in [1.29, 1.82) is 0 Å². The highest BCUT2D eigenvalue weighted by Crippen LogP contribution is 2.33. The molecule has 1 atom stereocenters. The summed E-state index contributed by atoms with van der Waals surface area (Å²) >= 11 is 0. The average molecular weight is 341 g/mol. The molecule has 6 nitrogen and oxygen atoms in total. The fourth-order valence-corrected chi connectivity index (χ4v) is 3.92. The van der Waals surface area contributed by atoms with Gasteiger partial charge in [-0.3, -0.25) is 4.79 Å². The van der Waals surface area contributed by atoms with E-state index in [0.717, 1.165) is 24.2 Å². The van der Waals surface area contributed by atoms with Crippen molar-refractivity contribution in [1.82, 2.24) is 15.0 Å². The Balaban J connectivity index is 1.49. The molecule has 1 saturated carbocycles. The van der Waals surface area contributed by atoms with E-state index in [1.807, 2.05) is 29.2 Å². The number of hydrogen-bond acceptors (Lipinski definition) is 5. The van der Waals surface area contributed by atoms with E-state index in [9.17, 15) is 4.79 Å². The number of amides is 1. The second-order valence-corrected chi connectivity index (χ2v) is 6.93. The molecule has 0 spiro atoms. The summed E-state index contributed by atoms with van der Waals surface area (Å²) in [5.74, 6) is 2.10. The minimum atomic E-state index is 0.0255. The predicted octanol–water partition coefficient (Wildman–Crippen LogP) is 3.39. The van der Waals surface area contributed by atoms with Crippen LogP contribution in [0.25, 0.3) is 11.5 Å². The van der Waals surface area contributed by atoms with E-state index in [0.29, 0.717) is 30.7 Å². The third-order valence-corrected chi connectivity index (χ3v) is 5.30. The number of nitrogens with zero attached hydrogens (tertiary/aromatic N) is 3. The van der Waals surface area contributed by atoms with Crippen molar-refractivity contribution < 1.29 is 14.1 Å². The summed E-state index contributed by atoms with van der Waals surface area (Å²) in [6.07, 6.45) is 6.46. The van der Waals surface area contributed by atoms with Gasteiger partial charge in [0.05, 0.1) is 7.11 Å². The summed E-state index contributed by atoms with van der Waals surface area (Å²) in [5, 5.41) is 4.14. The van der Waals surface area contributed by atoms with Crippen LogP contribution in [0.5, 0.6) is 5.75 Å². The van der Waals surface area contributed by atoms with Crippen LogP contribution in [0.15, 0.2) is 28.8 Å². The van der Waals surface area contributed by atoms with Gasteiger partial charge in [-0.2, -0.15) is 4.98 Å². The average Bonchev–Trinajstić information content (AvgIpc) is 3.29. The van der Waals surface area contributed by atoms with Crippen LogP contribution in [0.2, 0.25) is 0 Å². The monoisotopic (exact) mass is 341 g/mol. The second kappa shape index (κ2) is 6.86. The maximum absolute atomic E-state index is 12.4. The van der Waals surface area contributed by atoms with E-state index < -0.39 is 0 Å². The second-order valence-electron chi connectivity index (χ2n) is 6.93. The molecule has 2 aliphatic rings. The van der Waals surface area contributed by atoms with Crippen molar-refractivity contribution in [3.8, 4) is 17.2 Å². The van der Waals surface area contributed by atoms with Gasteiger partial charge < -0.3 is 14.2 Å². The molecule has 1 aliphatic heterocycles. The molecule has 0 N–H and O–H groups in total. The number of hydrogen-bond donors (Lipinski definition) is 0. The molecule has 25 heavy (non-hydrogen) atoms. The number of rotatable bonds is 4. The third-order valence-electron chi connectivity index (χ3n) is 5.30. The highest BCUT2D eigenvalue weighted by atomic mass is 16.5. The first kappa shape index (κ1) is 16.1. The van der Waals surface area contributed by atoms with Crippen molar-refractivity contribution in [2.45, 2.75) is 50.5 Å².